The van der Waals surface area contributed by atoms with Crippen molar-refractivity contribution in [2.24, 2.45) is 5.92 Å². The molecule has 1 fully saturated rings. The van der Waals surface area contributed by atoms with E-state index in [0.717, 1.165) is 29.3 Å². The first-order valence-electron chi connectivity index (χ1n) is 8.37. The van der Waals surface area contributed by atoms with Crippen LogP contribution < -0.4 is 5.32 Å². The number of rotatable bonds is 5. The summed E-state index contributed by atoms with van der Waals surface area (Å²) in [6.07, 6.45) is 1.82. The highest BCUT2D eigenvalue weighted by Crippen LogP contribution is 2.24. The van der Waals surface area contributed by atoms with Gasteiger partial charge in [-0.2, -0.15) is 4.98 Å². The molecular formula is C16H18N6O2S2. The molecule has 4 heterocycles. The summed E-state index contributed by atoms with van der Waals surface area (Å²) in [5.41, 5.74) is 0. The number of hydrogen-bond donors (Lipinski definition) is 1. The lowest BCUT2D eigenvalue weighted by molar-refractivity contribution is -0.121. The van der Waals surface area contributed by atoms with Crippen LogP contribution in [0.5, 0.6) is 0 Å². The topological polar surface area (TPSA) is 97.0 Å². The Labute approximate surface area is 158 Å². The van der Waals surface area contributed by atoms with E-state index in [1.54, 1.807) is 11.3 Å². The summed E-state index contributed by atoms with van der Waals surface area (Å²) in [5, 5.41) is 18.2. The maximum absolute atomic E-state index is 12.5. The van der Waals surface area contributed by atoms with E-state index in [1.165, 1.54) is 11.3 Å². The number of anilines is 1. The van der Waals surface area contributed by atoms with Gasteiger partial charge < -0.3 is 9.84 Å². The van der Waals surface area contributed by atoms with Gasteiger partial charge in [-0.1, -0.05) is 22.6 Å². The molecule has 1 aliphatic rings. The van der Waals surface area contributed by atoms with Gasteiger partial charge in [0.2, 0.25) is 22.8 Å². The zero-order chi connectivity index (χ0) is 17.9. The van der Waals surface area contributed by atoms with Crippen molar-refractivity contribution in [1.29, 1.82) is 0 Å². The third kappa shape index (κ3) is 3.97. The first-order chi connectivity index (χ1) is 12.7. The van der Waals surface area contributed by atoms with Gasteiger partial charge in [-0.15, -0.1) is 21.5 Å². The number of nitrogens with one attached hydrogen (secondary N) is 1. The van der Waals surface area contributed by atoms with Crippen LogP contribution in [0.25, 0.3) is 10.7 Å². The molecule has 4 rings (SSSR count). The Balaban J connectivity index is 1.35. The van der Waals surface area contributed by atoms with E-state index in [4.69, 9.17) is 4.52 Å². The molecule has 10 heteroatoms. The lowest BCUT2D eigenvalue weighted by atomic mass is 9.97. The molecule has 1 N–H and O–H groups in total. The van der Waals surface area contributed by atoms with Gasteiger partial charge in [-0.25, -0.2) is 0 Å². The fourth-order valence-corrected chi connectivity index (χ4v) is 4.23. The Morgan fingerprint density at radius 2 is 2.38 bits per heavy atom. The molecule has 3 aromatic rings. The fourth-order valence-electron chi connectivity index (χ4n) is 2.98. The standard InChI is InChI=1S/C16H18N6O2S2/c1-10-19-20-16(26-10)18-15(23)11-4-2-6-22(8-11)9-13-17-14(21-24-13)12-5-3-7-25-12/h3,5,7,11H,2,4,6,8-9H2,1H3,(H,18,20,23). The summed E-state index contributed by atoms with van der Waals surface area (Å²) in [6, 6.07) is 3.93. The van der Waals surface area contributed by atoms with Crippen molar-refractivity contribution in [3.8, 4) is 10.7 Å². The number of aromatic nitrogens is 4. The Hall–Kier alpha value is -2.17. The lowest BCUT2D eigenvalue weighted by Crippen LogP contribution is -2.40. The summed E-state index contributed by atoms with van der Waals surface area (Å²) in [4.78, 5) is 20.1. The van der Waals surface area contributed by atoms with Crippen LogP contribution in [0.4, 0.5) is 5.13 Å². The maximum Gasteiger partial charge on any atom is 0.241 e. The van der Waals surface area contributed by atoms with E-state index >= 15 is 0 Å². The number of carbonyl (C=O) groups excluding carboxylic acids is 1. The van der Waals surface area contributed by atoms with Gasteiger partial charge >= 0.3 is 0 Å². The molecule has 8 nitrogen and oxygen atoms in total. The zero-order valence-corrected chi connectivity index (χ0v) is 15.8. The van der Waals surface area contributed by atoms with Crippen molar-refractivity contribution in [2.75, 3.05) is 18.4 Å². The van der Waals surface area contributed by atoms with E-state index in [0.29, 0.717) is 29.9 Å². The van der Waals surface area contributed by atoms with Gasteiger partial charge in [-0.3, -0.25) is 9.69 Å². The summed E-state index contributed by atoms with van der Waals surface area (Å²) in [7, 11) is 0. The maximum atomic E-state index is 12.5. The number of likely N-dealkylation sites (tertiary alicyclic amines) is 1. The molecule has 0 aliphatic carbocycles. The summed E-state index contributed by atoms with van der Waals surface area (Å²) >= 11 is 2.97. The summed E-state index contributed by atoms with van der Waals surface area (Å²) < 4.78 is 5.37. The molecule has 1 unspecified atom stereocenters. The minimum Gasteiger partial charge on any atom is -0.338 e. The number of carbonyl (C=O) groups is 1. The molecule has 3 aromatic heterocycles. The molecule has 0 radical (unpaired) electrons. The van der Waals surface area contributed by atoms with E-state index in [1.807, 2.05) is 24.4 Å². The van der Waals surface area contributed by atoms with Crippen molar-refractivity contribution < 1.29 is 9.32 Å². The Morgan fingerprint density at radius 1 is 1.46 bits per heavy atom. The Bertz CT molecular complexity index is 875. The van der Waals surface area contributed by atoms with Crippen molar-refractivity contribution >= 4 is 33.7 Å². The summed E-state index contributed by atoms with van der Waals surface area (Å²) in [6.45, 7) is 4.00. The molecule has 0 bridgehead atoms. The smallest absolute Gasteiger partial charge is 0.241 e. The monoisotopic (exact) mass is 390 g/mol. The fraction of sp³-hybridized carbons (Fsp3) is 0.438. The third-order valence-corrected chi connectivity index (χ3v) is 5.82. The Kier molecular flexibility index (Phi) is 5.05. The highest BCUT2D eigenvalue weighted by molar-refractivity contribution is 7.15. The minimum absolute atomic E-state index is 0.00402. The van der Waals surface area contributed by atoms with E-state index in [-0.39, 0.29) is 11.8 Å². The molecule has 1 aliphatic heterocycles. The summed E-state index contributed by atoms with van der Waals surface area (Å²) in [5.74, 6) is 1.12. The van der Waals surface area contributed by atoms with Crippen LogP contribution in [0.15, 0.2) is 22.0 Å². The number of amides is 1. The van der Waals surface area contributed by atoms with Gasteiger partial charge in [0.05, 0.1) is 17.3 Å². The normalized spacial score (nSPS) is 18.1. The average molecular weight is 390 g/mol. The van der Waals surface area contributed by atoms with Crippen LogP contribution in [0.1, 0.15) is 23.7 Å². The van der Waals surface area contributed by atoms with Crippen LogP contribution >= 0.6 is 22.7 Å². The molecule has 1 atom stereocenters. The van der Waals surface area contributed by atoms with Crippen LogP contribution in [0, 0.1) is 12.8 Å². The largest absolute Gasteiger partial charge is 0.338 e. The van der Waals surface area contributed by atoms with Gasteiger partial charge in [0.15, 0.2) is 0 Å². The lowest BCUT2D eigenvalue weighted by Gasteiger charge is -2.30. The van der Waals surface area contributed by atoms with Crippen molar-refractivity contribution in [1.82, 2.24) is 25.2 Å². The molecule has 0 saturated carbocycles. The first-order valence-corrected chi connectivity index (χ1v) is 10.1. The van der Waals surface area contributed by atoms with Crippen LogP contribution in [0.2, 0.25) is 0 Å². The highest BCUT2D eigenvalue weighted by atomic mass is 32.1. The second-order valence-corrected chi connectivity index (χ2v) is 8.31. The number of piperidine rings is 1. The first kappa shape index (κ1) is 17.3. The molecule has 1 saturated heterocycles. The van der Waals surface area contributed by atoms with Crippen molar-refractivity contribution in [3.05, 3.63) is 28.4 Å². The van der Waals surface area contributed by atoms with Crippen LogP contribution in [-0.2, 0) is 11.3 Å². The van der Waals surface area contributed by atoms with Gasteiger partial charge in [0, 0.05) is 6.54 Å². The predicted octanol–water partition coefficient (Wildman–Crippen LogP) is 2.81. The molecule has 26 heavy (non-hydrogen) atoms. The second-order valence-electron chi connectivity index (χ2n) is 6.18. The second kappa shape index (κ2) is 7.60. The molecule has 1 amide bonds. The van der Waals surface area contributed by atoms with E-state index in [9.17, 15) is 4.79 Å². The highest BCUT2D eigenvalue weighted by Gasteiger charge is 2.27. The number of aryl methyl sites for hydroxylation is 1. The Morgan fingerprint density at radius 3 is 3.15 bits per heavy atom. The minimum atomic E-state index is -0.0763. The molecule has 0 aromatic carbocycles. The van der Waals surface area contributed by atoms with E-state index in [2.05, 4.69) is 30.6 Å². The quantitative estimate of drug-likeness (QED) is 0.715. The van der Waals surface area contributed by atoms with Gasteiger partial charge in [0.25, 0.3) is 0 Å². The predicted molar refractivity (Wildman–Crippen MR) is 98.9 cm³/mol. The molecule has 0 spiro atoms. The van der Waals surface area contributed by atoms with E-state index < -0.39 is 0 Å². The van der Waals surface area contributed by atoms with Crippen LogP contribution in [0.3, 0.4) is 0 Å². The SMILES string of the molecule is Cc1nnc(NC(=O)C2CCCN(Cc3nc(-c4cccs4)no3)C2)s1. The van der Waals surface area contributed by atoms with Gasteiger partial charge in [0.1, 0.15) is 5.01 Å². The average Bonchev–Trinajstić information content (AvgIpc) is 3.37. The van der Waals surface area contributed by atoms with Crippen molar-refractivity contribution in [2.45, 2.75) is 26.3 Å². The zero-order valence-electron chi connectivity index (χ0n) is 14.2. The van der Waals surface area contributed by atoms with Crippen molar-refractivity contribution in [3.63, 3.8) is 0 Å². The molecule has 136 valence electrons. The van der Waals surface area contributed by atoms with Crippen LogP contribution in [-0.4, -0.2) is 44.2 Å². The molecular weight excluding hydrogens is 372 g/mol. The number of hydrogen-bond acceptors (Lipinski definition) is 9. The number of nitrogens with zero attached hydrogens (tertiary/aromatic N) is 5. The third-order valence-electron chi connectivity index (χ3n) is 4.20. The van der Waals surface area contributed by atoms with Gasteiger partial charge in [-0.05, 0) is 37.8 Å². The number of thiophene rings is 1.